The summed E-state index contributed by atoms with van der Waals surface area (Å²) in [5, 5.41) is 10.1. The lowest BCUT2D eigenvalue weighted by Crippen LogP contribution is -1.93. The number of nitrogens with zero attached hydrogens (tertiary/aromatic N) is 2. The molecule has 2 nitrogen and oxygen atoms in total. The first-order valence-electron chi connectivity index (χ1n) is 17.7. The van der Waals surface area contributed by atoms with Gasteiger partial charge in [-0.05, 0) is 75.1 Å². The number of aromatic nitrogens is 2. The zero-order valence-corrected chi connectivity index (χ0v) is 28.9. The number of thiophene rings is 1. The van der Waals surface area contributed by atoms with Gasteiger partial charge in [-0.2, -0.15) is 0 Å². The van der Waals surface area contributed by atoms with Crippen molar-refractivity contribution in [1.82, 2.24) is 9.55 Å². The molecule has 0 saturated heterocycles. The topological polar surface area (TPSA) is 17.8 Å². The van der Waals surface area contributed by atoms with Gasteiger partial charge in [0.25, 0.3) is 0 Å². The quantitative estimate of drug-likeness (QED) is 0.169. The SMILES string of the molecule is c1ccc(-c2cc(-c3cccc4c3sc3c4ccc4c3c3ccccc3n4-c3ccccc3)cc(-c3cc4ccccc4c4ccccc34)n2)cc1. The lowest BCUT2D eigenvalue weighted by atomic mass is 9.93. The number of hydrogen-bond donors (Lipinski definition) is 0. The van der Waals surface area contributed by atoms with Crippen molar-refractivity contribution in [2.75, 3.05) is 0 Å². The van der Waals surface area contributed by atoms with E-state index >= 15 is 0 Å². The minimum atomic E-state index is 0.969. The molecule has 0 spiro atoms. The van der Waals surface area contributed by atoms with E-state index in [0.29, 0.717) is 0 Å². The molecular weight excluding hydrogens is 649 g/mol. The molecule has 11 aromatic rings. The Morgan fingerprint density at radius 1 is 0.385 bits per heavy atom. The molecule has 0 fully saturated rings. The normalized spacial score (nSPS) is 11.8. The highest BCUT2D eigenvalue weighted by atomic mass is 32.1. The second-order valence-electron chi connectivity index (χ2n) is 13.5. The molecule has 242 valence electrons. The molecule has 11 rings (SSSR count). The summed E-state index contributed by atoms with van der Waals surface area (Å²) in [6.45, 7) is 0. The highest BCUT2D eigenvalue weighted by molar-refractivity contribution is 7.27. The van der Waals surface area contributed by atoms with Crippen LogP contribution in [-0.2, 0) is 0 Å². The molecule has 0 aliphatic heterocycles. The van der Waals surface area contributed by atoms with Crippen LogP contribution in [0.25, 0.3) is 103 Å². The predicted octanol–water partition coefficient (Wildman–Crippen LogP) is 13.9. The molecule has 0 unspecified atom stereocenters. The molecule has 0 aliphatic rings. The van der Waals surface area contributed by atoms with Gasteiger partial charge in [0.15, 0.2) is 0 Å². The van der Waals surface area contributed by atoms with Crippen molar-refractivity contribution >= 4 is 74.9 Å². The molecule has 0 radical (unpaired) electrons. The predicted molar refractivity (Wildman–Crippen MR) is 223 cm³/mol. The Morgan fingerprint density at radius 3 is 1.88 bits per heavy atom. The Bertz CT molecular complexity index is 3170. The summed E-state index contributed by atoms with van der Waals surface area (Å²) < 4.78 is 5.02. The second-order valence-corrected chi connectivity index (χ2v) is 14.5. The molecule has 0 aliphatic carbocycles. The van der Waals surface area contributed by atoms with Crippen LogP contribution >= 0.6 is 11.3 Å². The maximum absolute atomic E-state index is 5.39. The average Bonchev–Trinajstić information content (AvgIpc) is 3.77. The van der Waals surface area contributed by atoms with Crippen LogP contribution in [0, 0.1) is 0 Å². The van der Waals surface area contributed by atoms with Gasteiger partial charge in [-0.25, -0.2) is 4.98 Å². The third-order valence-electron chi connectivity index (χ3n) is 10.6. The minimum absolute atomic E-state index is 0.969. The zero-order valence-electron chi connectivity index (χ0n) is 28.1. The highest BCUT2D eigenvalue weighted by Crippen LogP contribution is 2.47. The van der Waals surface area contributed by atoms with Gasteiger partial charge in [-0.3, -0.25) is 0 Å². The molecular formula is C49H30N2S. The maximum atomic E-state index is 5.39. The standard InChI is InChI=1S/C49H30N2S/c1-3-14-31(15-4-1)43-29-33(30-44(50-43)42-28-32-16-7-8-19-35(32)37-20-9-10-21-38(37)42)36-23-13-24-39-40-26-27-46-47(49(40)52-48(36)39)41-22-11-12-25-45(41)51(46)34-17-5-2-6-18-34/h1-30H. The van der Waals surface area contributed by atoms with Crippen LogP contribution < -0.4 is 0 Å². The van der Waals surface area contributed by atoms with Crippen molar-refractivity contribution in [3.8, 4) is 39.3 Å². The smallest absolute Gasteiger partial charge is 0.0722 e. The first kappa shape index (κ1) is 29.2. The van der Waals surface area contributed by atoms with Crippen molar-refractivity contribution in [2.24, 2.45) is 0 Å². The Labute approximate surface area is 304 Å². The number of benzene rings is 8. The largest absolute Gasteiger partial charge is 0.309 e. The van der Waals surface area contributed by atoms with E-state index in [1.807, 2.05) is 11.3 Å². The number of para-hydroxylation sites is 2. The summed E-state index contributed by atoms with van der Waals surface area (Å²) >= 11 is 1.91. The van der Waals surface area contributed by atoms with E-state index in [-0.39, 0.29) is 0 Å². The molecule has 8 aromatic carbocycles. The molecule has 0 N–H and O–H groups in total. The van der Waals surface area contributed by atoms with Gasteiger partial charge in [0.05, 0.1) is 22.4 Å². The first-order chi connectivity index (χ1) is 25.8. The van der Waals surface area contributed by atoms with Crippen LogP contribution in [0.1, 0.15) is 0 Å². The lowest BCUT2D eigenvalue weighted by molar-refractivity contribution is 1.18. The van der Waals surface area contributed by atoms with Crippen LogP contribution in [0.2, 0.25) is 0 Å². The monoisotopic (exact) mass is 678 g/mol. The van der Waals surface area contributed by atoms with E-state index < -0.39 is 0 Å². The summed E-state index contributed by atoms with van der Waals surface area (Å²) in [6, 6.07) is 65.9. The summed E-state index contributed by atoms with van der Waals surface area (Å²) in [5.41, 5.74) is 10.2. The fraction of sp³-hybridized carbons (Fsp3) is 0. The molecule has 0 saturated carbocycles. The fourth-order valence-electron chi connectivity index (χ4n) is 8.24. The number of pyridine rings is 1. The molecule has 0 amide bonds. The second kappa shape index (κ2) is 11.5. The van der Waals surface area contributed by atoms with Gasteiger partial charge in [-0.1, -0.05) is 140 Å². The summed E-state index contributed by atoms with van der Waals surface area (Å²) in [7, 11) is 0. The van der Waals surface area contributed by atoms with Crippen molar-refractivity contribution < 1.29 is 0 Å². The van der Waals surface area contributed by atoms with Crippen LogP contribution in [0.4, 0.5) is 0 Å². The third kappa shape index (κ3) is 4.40. The van der Waals surface area contributed by atoms with E-state index in [9.17, 15) is 0 Å². The Kier molecular flexibility index (Phi) is 6.46. The van der Waals surface area contributed by atoms with Crippen LogP contribution in [-0.4, -0.2) is 9.55 Å². The van der Waals surface area contributed by atoms with Crippen LogP contribution in [0.5, 0.6) is 0 Å². The van der Waals surface area contributed by atoms with Gasteiger partial charge >= 0.3 is 0 Å². The van der Waals surface area contributed by atoms with Crippen LogP contribution in [0.3, 0.4) is 0 Å². The number of rotatable bonds is 4. The fourth-order valence-corrected chi connectivity index (χ4v) is 9.63. The van der Waals surface area contributed by atoms with E-state index in [0.717, 1.165) is 22.5 Å². The van der Waals surface area contributed by atoms with E-state index in [1.165, 1.54) is 80.3 Å². The van der Waals surface area contributed by atoms with Gasteiger partial charge in [0.1, 0.15) is 0 Å². The minimum Gasteiger partial charge on any atom is -0.309 e. The van der Waals surface area contributed by atoms with Crippen molar-refractivity contribution in [3.05, 3.63) is 182 Å². The van der Waals surface area contributed by atoms with E-state index in [1.54, 1.807) is 0 Å². The molecule has 0 bridgehead atoms. The van der Waals surface area contributed by atoms with Gasteiger partial charge in [0, 0.05) is 47.8 Å². The highest BCUT2D eigenvalue weighted by Gasteiger charge is 2.20. The van der Waals surface area contributed by atoms with Crippen molar-refractivity contribution in [3.63, 3.8) is 0 Å². The number of hydrogen-bond acceptors (Lipinski definition) is 2. The van der Waals surface area contributed by atoms with Gasteiger partial charge in [-0.15, -0.1) is 11.3 Å². The zero-order chi connectivity index (χ0) is 34.2. The Balaban J connectivity index is 1.20. The van der Waals surface area contributed by atoms with Crippen LogP contribution in [0.15, 0.2) is 182 Å². The molecule has 3 aromatic heterocycles. The molecule has 3 heteroatoms. The van der Waals surface area contributed by atoms with Crippen molar-refractivity contribution in [1.29, 1.82) is 0 Å². The van der Waals surface area contributed by atoms with E-state index in [2.05, 4.69) is 187 Å². The third-order valence-corrected chi connectivity index (χ3v) is 11.8. The molecule has 0 atom stereocenters. The maximum Gasteiger partial charge on any atom is 0.0722 e. The van der Waals surface area contributed by atoms with Gasteiger partial charge in [0.2, 0.25) is 0 Å². The number of fused-ring (bicyclic) bond motifs is 10. The average molecular weight is 679 g/mol. The first-order valence-corrected chi connectivity index (χ1v) is 18.5. The molecule has 52 heavy (non-hydrogen) atoms. The Hall–Kier alpha value is -6.55. The lowest BCUT2D eigenvalue weighted by Gasteiger charge is -2.14. The summed E-state index contributed by atoms with van der Waals surface area (Å²) in [4.78, 5) is 5.39. The molecule has 3 heterocycles. The summed E-state index contributed by atoms with van der Waals surface area (Å²) in [6.07, 6.45) is 0. The van der Waals surface area contributed by atoms with Crippen molar-refractivity contribution in [2.45, 2.75) is 0 Å². The van der Waals surface area contributed by atoms with Gasteiger partial charge < -0.3 is 4.57 Å². The van der Waals surface area contributed by atoms with E-state index in [4.69, 9.17) is 4.98 Å². The Morgan fingerprint density at radius 2 is 1.04 bits per heavy atom. The summed E-state index contributed by atoms with van der Waals surface area (Å²) in [5.74, 6) is 0.